The van der Waals surface area contributed by atoms with Crippen molar-refractivity contribution in [1.82, 2.24) is 9.97 Å². The number of nitrogens with zero attached hydrogens (tertiary/aromatic N) is 2. The Morgan fingerprint density at radius 3 is 3.00 bits per heavy atom. The number of nitrogens with two attached hydrogens (primary N) is 2. The second-order valence-corrected chi connectivity index (χ2v) is 3.62. The summed E-state index contributed by atoms with van der Waals surface area (Å²) in [4.78, 5) is 19.5. The van der Waals surface area contributed by atoms with Crippen LogP contribution in [-0.2, 0) is 4.79 Å². The molecular weight excluding hydrogens is 230 g/mol. The van der Waals surface area contributed by atoms with Crippen LogP contribution >= 0.6 is 0 Å². The summed E-state index contributed by atoms with van der Waals surface area (Å²) >= 11 is 0. The lowest BCUT2D eigenvalue weighted by Crippen LogP contribution is -2.09. The van der Waals surface area contributed by atoms with E-state index in [4.69, 9.17) is 11.5 Å². The lowest BCUT2D eigenvalue weighted by molar-refractivity contribution is -0.111. The van der Waals surface area contributed by atoms with Crippen LogP contribution in [0, 0.1) is 0 Å². The first kappa shape index (κ1) is 12.0. The number of amides is 1. The highest BCUT2D eigenvalue weighted by Crippen LogP contribution is 2.20. The van der Waals surface area contributed by atoms with Gasteiger partial charge in [0.1, 0.15) is 12.1 Å². The maximum absolute atomic E-state index is 11.5. The molecule has 0 spiro atoms. The van der Waals surface area contributed by atoms with Crippen LogP contribution in [-0.4, -0.2) is 22.4 Å². The minimum atomic E-state index is -0.241. The summed E-state index contributed by atoms with van der Waals surface area (Å²) in [5.41, 5.74) is 12.4. The van der Waals surface area contributed by atoms with Crippen LogP contribution in [0.4, 0.5) is 11.5 Å². The van der Waals surface area contributed by atoms with Crippen molar-refractivity contribution in [2.45, 2.75) is 0 Å². The van der Waals surface area contributed by atoms with Gasteiger partial charge in [-0.05, 0) is 18.2 Å². The van der Waals surface area contributed by atoms with E-state index in [1.165, 1.54) is 12.4 Å². The molecule has 0 atom stereocenters. The molecule has 0 saturated carbocycles. The Hall–Kier alpha value is -2.47. The molecule has 6 heteroatoms. The number of nitrogens with one attached hydrogen (secondary N) is 1. The number of rotatable bonds is 3. The molecule has 1 amide bonds. The van der Waals surface area contributed by atoms with Crippen LogP contribution in [0.1, 0.15) is 0 Å². The highest BCUT2D eigenvalue weighted by molar-refractivity contribution is 6.01. The fourth-order valence-corrected chi connectivity index (χ4v) is 1.51. The number of fused-ring (bicyclic) bond motifs is 1. The van der Waals surface area contributed by atoms with E-state index in [1.807, 2.05) is 0 Å². The van der Waals surface area contributed by atoms with Crippen molar-refractivity contribution >= 4 is 28.3 Å². The number of aromatic nitrogens is 2. The first-order chi connectivity index (χ1) is 8.70. The summed E-state index contributed by atoms with van der Waals surface area (Å²) in [6.45, 7) is 0.325. The number of benzene rings is 1. The molecule has 6 nitrogen and oxygen atoms in total. The van der Waals surface area contributed by atoms with E-state index < -0.39 is 0 Å². The predicted molar refractivity (Wildman–Crippen MR) is 70.8 cm³/mol. The number of hydrogen-bond donors (Lipinski definition) is 3. The predicted octanol–water partition coefficient (Wildman–Crippen LogP) is 0.665. The van der Waals surface area contributed by atoms with Gasteiger partial charge in [-0.25, -0.2) is 9.97 Å². The molecule has 2 aromatic rings. The van der Waals surface area contributed by atoms with Crippen LogP contribution in [0.25, 0.3) is 10.9 Å². The van der Waals surface area contributed by atoms with Gasteiger partial charge in [-0.3, -0.25) is 4.79 Å². The number of nitrogen functional groups attached to an aromatic ring is 1. The van der Waals surface area contributed by atoms with E-state index in [9.17, 15) is 4.79 Å². The van der Waals surface area contributed by atoms with Gasteiger partial charge in [0, 0.05) is 23.7 Å². The van der Waals surface area contributed by atoms with E-state index in [0.29, 0.717) is 23.4 Å². The topological polar surface area (TPSA) is 107 Å². The Morgan fingerprint density at radius 1 is 1.39 bits per heavy atom. The van der Waals surface area contributed by atoms with Crippen molar-refractivity contribution in [3.63, 3.8) is 0 Å². The molecule has 1 aromatic heterocycles. The maximum Gasteiger partial charge on any atom is 0.248 e. The highest BCUT2D eigenvalue weighted by Gasteiger charge is 2.03. The molecule has 18 heavy (non-hydrogen) atoms. The number of carbonyl (C=O) groups excluding carboxylic acids is 1. The van der Waals surface area contributed by atoms with Crippen molar-refractivity contribution in [3.8, 4) is 0 Å². The Bertz CT molecular complexity index is 608. The van der Waals surface area contributed by atoms with Crippen molar-refractivity contribution in [3.05, 3.63) is 36.7 Å². The standard InChI is InChI=1S/C12H13N5O/c13-5-1-2-11(18)17-8-3-4-10-9(6-8)12(14)16-7-15-10/h1-4,6-7H,5,13H2,(H,17,18)(H2,14,15,16). The van der Waals surface area contributed by atoms with Crippen molar-refractivity contribution < 1.29 is 4.79 Å². The number of hydrogen-bond acceptors (Lipinski definition) is 5. The van der Waals surface area contributed by atoms with Gasteiger partial charge >= 0.3 is 0 Å². The van der Waals surface area contributed by atoms with Crippen molar-refractivity contribution in [2.75, 3.05) is 17.6 Å². The SMILES string of the molecule is NCC=CC(=O)Nc1ccc2ncnc(N)c2c1. The smallest absolute Gasteiger partial charge is 0.248 e. The Kier molecular flexibility index (Phi) is 3.49. The molecule has 0 bridgehead atoms. The van der Waals surface area contributed by atoms with Crippen LogP contribution in [0.2, 0.25) is 0 Å². The molecule has 0 saturated heterocycles. The summed E-state index contributed by atoms with van der Waals surface area (Å²) in [5, 5.41) is 3.41. The van der Waals surface area contributed by atoms with Crippen LogP contribution in [0.15, 0.2) is 36.7 Å². The van der Waals surface area contributed by atoms with Crippen LogP contribution in [0.3, 0.4) is 0 Å². The lowest BCUT2D eigenvalue weighted by Gasteiger charge is -2.05. The molecule has 0 fully saturated rings. The molecule has 92 valence electrons. The van der Waals surface area contributed by atoms with Gasteiger partial charge in [0.05, 0.1) is 5.52 Å². The molecule has 0 aliphatic carbocycles. The van der Waals surface area contributed by atoms with Gasteiger partial charge in [0.15, 0.2) is 0 Å². The van der Waals surface area contributed by atoms with Gasteiger partial charge in [-0.1, -0.05) is 6.08 Å². The minimum Gasteiger partial charge on any atom is -0.383 e. The maximum atomic E-state index is 11.5. The normalized spacial score (nSPS) is 10.9. The van der Waals surface area contributed by atoms with Crippen LogP contribution < -0.4 is 16.8 Å². The van der Waals surface area contributed by atoms with Gasteiger partial charge in [-0.15, -0.1) is 0 Å². The zero-order valence-electron chi connectivity index (χ0n) is 9.63. The summed E-state index contributed by atoms with van der Waals surface area (Å²) < 4.78 is 0. The third-order valence-electron chi connectivity index (χ3n) is 2.34. The zero-order valence-corrected chi connectivity index (χ0v) is 9.63. The first-order valence-corrected chi connectivity index (χ1v) is 5.38. The Morgan fingerprint density at radius 2 is 2.22 bits per heavy atom. The molecule has 0 unspecified atom stereocenters. The third kappa shape index (κ3) is 2.61. The molecule has 2 rings (SSSR count). The quantitative estimate of drug-likeness (QED) is 0.687. The molecule has 5 N–H and O–H groups in total. The van der Waals surface area contributed by atoms with Gasteiger partial charge < -0.3 is 16.8 Å². The lowest BCUT2D eigenvalue weighted by atomic mass is 10.2. The van der Waals surface area contributed by atoms with Gasteiger partial charge in [-0.2, -0.15) is 0 Å². The summed E-state index contributed by atoms with van der Waals surface area (Å²) in [7, 11) is 0. The van der Waals surface area contributed by atoms with Crippen molar-refractivity contribution in [2.24, 2.45) is 5.73 Å². The fourth-order valence-electron chi connectivity index (χ4n) is 1.51. The average Bonchev–Trinajstić information content (AvgIpc) is 2.37. The van der Waals surface area contributed by atoms with Gasteiger partial charge in [0.25, 0.3) is 0 Å². The minimum absolute atomic E-state index is 0.241. The van der Waals surface area contributed by atoms with E-state index in [2.05, 4.69) is 15.3 Å². The van der Waals surface area contributed by atoms with E-state index >= 15 is 0 Å². The van der Waals surface area contributed by atoms with Crippen LogP contribution in [0.5, 0.6) is 0 Å². The monoisotopic (exact) mass is 243 g/mol. The summed E-state index contributed by atoms with van der Waals surface area (Å²) in [6.07, 6.45) is 4.36. The van der Waals surface area contributed by atoms with Gasteiger partial charge in [0.2, 0.25) is 5.91 Å². The van der Waals surface area contributed by atoms with E-state index in [-0.39, 0.29) is 5.91 Å². The Balaban J connectivity index is 2.27. The molecule has 1 heterocycles. The largest absolute Gasteiger partial charge is 0.383 e. The first-order valence-electron chi connectivity index (χ1n) is 5.38. The number of carbonyl (C=O) groups is 1. The average molecular weight is 243 g/mol. The second kappa shape index (κ2) is 5.24. The summed E-state index contributed by atoms with van der Waals surface area (Å²) in [6, 6.07) is 5.26. The third-order valence-corrected chi connectivity index (χ3v) is 2.34. The zero-order chi connectivity index (χ0) is 13.0. The van der Waals surface area contributed by atoms with Crippen molar-refractivity contribution in [1.29, 1.82) is 0 Å². The van der Waals surface area contributed by atoms with E-state index in [0.717, 1.165) is 5.52 Å². The Labute approximate surface area is 104 Å². The molecule has 1 aromatic carbocycles. The summed E-state index contributed by atoms with van der Waals surface area (Å²) in [5.74, 6) is 0.142. The highest BCUT2D eigenvalue weighted by atomic mass is 16.1. The van der Waals surface area contributed by atoms with E-state index in [1.54, 1.807) is 24.3 Å². The molecular formula is C12H13N5O. The molecule has 0 radical (unpaired) electrons. The fraction of sp³-hybridized carbons (Fsp3) is 0.0833. The number of anilines is 2. The molecule has 0 aliphatic heterocycles. The molecule has 0 aliphatic rings. The second-order valence-electron chi connectivity index (χ2n) is 3.62.